The molecule has 4 aliphatic rings. The molecule has 2 atom stereocenters. The van der Waals surface area contributed by atoms with E-state index in [1.165, 1.54) is 36.5 Å². The molecular formula is C33H23N5O7. The van der Waals surface area contributed by atoms with Crippen LogP contribution in [0.4, 0.5) is 17.1 Å². The van der Waals surface area contributed by atoms with Crippen LogP contribution in [0.15, 0.2) is 96.1 Å². The molecule has 12 nitrogen and oxygen atoms in total. The Kier molecular flexibility index (Phi) is 6.18. The van der Waals surface area contributed by atoms with E-state index in [4.69, 9.17) is 0 Å². The molecule has 222 valence electrons. The van der Waals surface area contributed by atoms with Crippen LogP contribution in [0.25, 0.3) is 0 Å². The van der Waals surface area contributed by atoms with E-state index in [2.05, 4.69) is 10.5 Å². The number of nitrogens with zero attached hydrogens (tertiary/aromatic N) is 4. The molecule has 8 rings (SSSR count). The first kappa shape index (κ1) is 27.8. The molecule has 2 bridgehead atoms. The highest BCUT2D eigenvalue weighted by atomic mass is 16.6. The monoisotopic (exact) mass is 601 g/mol. The van der Waals surface area contributed by atoms with Crippen molar-refractivity contribution in [1.82, 2.24) is 5.43 Å². The predicted molar refractivity (Wildman–Crippen MR) is 162 cm³/mol. The molecule has 0 spiro atoms. The second kappa shape index (κ2) is 10.0. The topological polar surface area (TPSA) is 165 Å². The molecule has 1 saturated heterocycles. The van der Waals surface area contributed by atoms with E-state index in [1.54, 1.807) is 13.0 Å². The van der Waals surface area contributed by atoms with Crippen LogP contribution in [0.2, 0.25) is 0 Å². The van der Waals surface area contributed by atoms with E-state index in [0.29, 0.717) is 5.56 Å². The van der Waals surface area contributed by atoms with Crippen molar-refractivity contribution in [2.45, 2.75) is 18.3 Å². The number of hydrogen-bond donors (Lipinski definition) is 1. The van der Waals surface area contributed by atoms with Gasteiger partial charge in [-0.3, -0.25) is 34.6 Å². The minimum atomic E-state index is -1.33. The van der Waals surface area contributed by atoms with Gasteiger partial charge in [-0.2, -0.15) is 5.10 Å². The zero-order valence-corrected chi connectivity index (χ0v) is 23.6. The summed E-state index contributed by atoms with van der Waals surface area (Å²) < 4.78 is 0. The number of nitro benzene ring substituents is 2. The van der Waals surface area contributed by atoms with Crippen molar-refractivity contribution >= 4 is 41.0 Å². The predicted octanol–water partition coefficient (Wildman–Crippen LogP) is 4.78. The number of rotatable bonds is 6. The number of carbonyl (C=O) groups is 3. The lowest BCUT2D eigenvalue weighted by atomic mass is 9.47. The molecule has 4 aromatic rings. The first-order valence-corrected chi connectivity index (χ1v) is 14.1. The normalized spacial score (nSPS) is 22.6. The van der Waals surface area contributed by atoms with Crippen molar-refractivity contribution < 1.29 is 24.2 Å². The van der Waals surface area contributed by atoms with E-state index in [9.17, 15) is 34.6 Å². The summed E-state index contributed by atoms with van der Waals surface area (Å²) in [5.74, 6) is -4.30. The first-order valence-electron chi connectivity index (χ1n) is 14.1. The summed E-state index contributed by atoms with van der Waals surface area (Å²) in [4.78, 5) is 64.9. The van der Waals surface area contributed by atoms with E-state index >= 15 is 0 Å². The quantitative estimate of drug-likeness (QED) is 0.144. The van der Waals surface area contributed by atoms with Gasteiger partial charge in [-0.1, -0.05) is 60.7 Å². The highest BCUT2D eigenvalue weighted by Crippen LogP contribution is 2.64. The molecule has 1 fully saturated rings. The lowest BCUT2D eigenvalue weighted by molar-refractivity contribution is -0.384. The molecule has 4 aromatic carbocycles. The number of non-ortho nitro benzene ring substituents is 1. The minimum Gasteiger partial charge on any atom is -0.274 e. The van der Waals surface area contributed by atoms with Crippen LogP contribution in [-0.4, -0.2) is 33.8 Å². The highest BCUT2D eigenvalue weighted by molar-refractivity contribution is 6.25. The smallest absolute Gasteiger partial charge is 0.274 e. The Bertz CT molecular complexity index is 1970. The molecule has 12 heteroatoms. The average Bonchev–Trinajstić information content (AvgIpc) is 3.31. The fraction of sp³-hybridized carbons (Fsp3) is 0.152. The fourth-order valence-corrected chi connectivity index (χ4v) is 7.27. The molecule has 45 heavy (non-hydrogen) atoms. The van der Waals surface area contributed by atoms with Gasteiger partial charge >= 0.3 is 0 Å². The van der Waals surface area contributed by atoms with Gasteiger partial charge in [0.2, 0.25) is 11.8 Å². The van der Waals surface area contributed by atoms with E-state index in [1.807, 2.05) is 48.5 Å². The van der Waals surface area contributed by atoms with Crippen LogP contribution in [0, 0.1) is 39.0 Å². The number of nitro groups is 2. The van der Waals surface area contributed by atoms with Gasteiger partial charge in [0.05, 0.1) is 27.1 Å². The molecule has 0 radical (unpaired) electrons. The number of aryl methyl sites for hydroxylation is 1. The molecule has 0 saturated carbocycles. The summed E-state index contributed by atoms with van der Waals surface area (Å²) in [6.07, 6.45) is 1.45. The lowest BCUT2D eigenvalue weighted by Crippen LogP contribution is -2.54. The van der Waals surface area contributed by atoms with Crippen LogP contribution in [-0.2, 0) is 15.0 Å². The molecule has 1 heterocycles. The Morgan fingerprint density at radius 2 is 1.53 bits per heavy atom. The maximum atomic E-state index is 14.5. The number of hydrazone groups is 1. The van der Waals surface area contributed by atoms with Gasteiger partial charge in [-0.15, -0.1) is 0 Å². The summed E-state index contributed by atoms with van der Waals surface area (Å²) in [7, 11) is 0. The Balaban J connectivity index is 1.39. The molecule has 1 N–H and O–H groups in total. The summed E-state index contributed by atoms with van der Waals surface area (Å²) in [6, 6.07) is 24.4. The largest absolute Gasteiger partial charge is 0.293 e. The van der Waals surface area contributed by atoms with Gasteiger partial charge < -0.3 is 0 Å². The van der Waals surface area contributed by atoms with Crippen molar-refractivity contribution in [3.05, 3.63) is 145 Å². The highest BCUT2D eigenvalue weighted by Gasteiger charge is 2.68. The zero-order chi connectivity index (χ0) is 31.6. The summed E-state index contributed by atoms with van der Waals surface area (Å²) in [6.45, 7) is 1.69. The van der Waals surface area contributed by atoms with Gasteiger partial charge in [0.1, 0.15) is 5.69 Å². The lowest BCUT2D eigenvalue weighted by Gasteiger charge is -2.52. The van der Waals surface area contributed by atoms with Crippen LogP contribution in [0.3, 0.4) is 0 Å². The number of nitrogens with one attached hydrogen (secondary N) is 1. The summed E-state index contributed by atoms with van der Waals surface area (Å²) in [5, 5.41) is 27.6. The summed E-state index contributed by atoms with van der Waals surface area (Å²) in [5.41, 5.74) is 4.08. The summed E-state index contributed by atoms with van der Waals surface area (Å²) >= 11 is 0. The Labute approximate surface area is 255 Å². The standard InChI is InChI=1S/C33H23N5O7/c1-18-13-14-25(26(15-18)38(44)45)36-31(40)28-27-21-9-2-4-11-23(21)33(29(28)32(36)41,24-12-5-3-10-22(24)27)17-34-35-30(39)19-7-6-8-20(16-19)37(42)43/h2-17,27-29H,1H3,(H,35,39)/b34-17-/t27?,28-,29+,33?/m1/s1. The van der Waals surface area contributed by atoms with Crippen LogP contribution < -0.4 is 10.3 Å². The Morgan fingerprint density at radius 1 is 0.867 bits per heavy atom. The van der Waals surface area contributed by atoms with Gasteiger partial charge in [-0.25, -0.2) is 10.3 Å². The van der Waals surface area contributed by atoms with Crippen LogP contribution in [0.5, 0.6) is 0 Å². The third-order valence-corrected chi connectivity index (χ3v) is 9.01. The van der Waals surface area contributed by atoms with Crippen LogP contribution >= 0.6 is 0 Å². The number of carbonyl (C=O) groups excluding carboxylic acids is 3. The number of hydrogen-bond acceptors (Lipinski definition) is 8. The van der Waals surface area contributed by atoms with E-state index in [0.717, 1.165) is 33.2 Å². The first-order chi connectivity index (χ1) is 21.6. The second-order valence-electron chi connectivity index (χ2n) is 11.3. The van der Waals surface area contributed by atoms with Crippen molar-refractivity contribution in [2.24, 2.45) is 16.9 Å². The van der Waals surface area contributed by atoms with Crippen LogP contribution in [0.1, 0.15) is 44.1 Å². The minimum absolute atomic E-state index is 0.00913. The van der Waals surface area contributed by atoms with Crippen molar-refractivity contribution in [3.8, 4) is 0 Å². The van der Waals surface area contributed by atoms with E-state index in [-0.39, 0.29) is 22.6 Å². The molecule has 1 aliphatic heterocycles. The fourth-order valence-electron chi connectivity index (χ4n) is 7.27. The molecular weight excluding hydrogens is 578 g/mol. The van der Waals surface area contributed by atoms with Gasteiger partial charge in [0.25, 0.3) is 17.3 Å². The maximum Gasteiger partial charge on any atom is 0.293 e. The Hall–Kier alpha value is -6.04. The molecule has 3 amide bonds. The number of anilines is 1. The molecule has 3 aliphatic carbocycles. The number of imide groups is 1. The van der Waals surface area contributed by atoms with E-state index < -0.39 is 50.7 Å². The Morgan fingerprint density at radius 3 is 2.18 bits per heavy atom. The van der Waals surface area contributed by atoms with Gasteiger partial charge in [0, 0.05) is 35.9 Å². The third-order valence-electron chi connectivity index (χ3n) is 9.01. The van der Waals surface area contributed by atoms with Crippen molar-refractivity contribution in [1.29, 1.82) is 0 Å². The second-order valence-corrected chi connectivity index (χ2v) is 11.3. The van der Waals surface area contributed by atoms with Gasteiger partial charge in [0.15, 0.2) is 0 Å². The number of benzene rings is 4. The third kappa shape index (κ3) is 3.92. The average molecular weight is 602 g/mol. The zero-order valence-electron chi connectivity index (χ0n) is 23.6. The maximum absolute atomic E-state index is 14.5. The SMILES string of the molecule is Cc1ccc(N2C(=O)[C@@H]3C4c5ccccc5C(/C=N\NC(=O)c5cccc([N+](=O)[O-])c5)(c5ccccc54)[C@@H]3C2=O)c([N+](=O)[O-])c1. The van der Waals surface area contributed by atoms with Crippen molar-refractivity contribution in [2.75, 3.05) is 4.90 Å². The van der Waals surface area contributed by atoms with Gasteiger partial charge in [-0.05, 0) is 46.9 Å². The van der Waals surface area contributed by atoms with Crippen molar-refractivity contribution in [3.63, 3.8) is 0 Å². The molecule has 0 aromatic heterocycles. The molecule has 0 unspecified atom stereocenters. The number of amides is 3.